The SMILES string of the molecule is CCN1CCN(c2nc(-c3ccc(OCC(C)O)cc3)cc3ccsc23)CC1.Cl.Cl. The fourth-order valence-corrected chi connectivity index (χ4v) is 4.43. The molecule has 1 aliphatic heterocycles. The maximum atomic E-state index is 9.37. The molecule has 1 fully saturated rings. The number of hydrogen-bond donors (Lipinski definition) is 1. The van der Waals surface area contributed by atoms with Gasteiger partial charge in [-0.05, 0) is 60.6 Å². The van der Waals surface area contributed by atoms with Crippen molar-refractivity contribution in [3.8, 4) is 17.0 Å². The van der Waals surface area contributed by atoms with Gasteiger partial charge < -0.3 is 19.6 Å². The summed E-state index contributed by atoms with van der Waals surface area (Å²) in [6.07, 6.45) is -0.474. The maximum absolute atomic E-state index is 9.37. The molecule has 1 unspecified atom stereocenters. The van der Waals surface area contributed by atoms with E-state index in [4.69, 9.17) is 9.72 Å². The van der Waals surface area contributed by atoms with E-state index in [2.05, 4.69) is 34.2 Å². The highest BCUT2D eigenvalue weighted by Crippen LogP contribution is 2.34. The monoisotopic (exact) mass is 469 g/mol. The summed E-state index contributed by atoms with van der Waals surface area (Å²) in [5.41, 5.74) is 2.06. The van der Waals surface area contributed by atoms with Crippen LogP contribution in [0.15, 0.2) is 41.8 Å². The van der Waals surface area contributed by atoms with Gasteiger partial charge in [-0.2, -0.15) is 0 Å². The summed E-state index contributed by atoms with van der Waals surface area (Å²) in [6, 6.07) is 12.3. The molecule has 1 aromatic carbocycles. The summed E-state index contributed by atoms with van der Waals surface area (Å²) in [5, 5.41) is 12.8. The lowest BCUT2D eigenvalue weighted by Crippen LogP contribution is -2.46. The van der Waals surface area contributed by atoms with Gasteiger partial charge in [0, 0.05) is 31.7 Å². The van der Waals surface area contributed by atoms with E-state index in [0.29, 0.717) is 6.61 Å². The highest BCUT2D eigenvalue weighted by Gasteiger charge is 2.20. The third-order valence-electron chi connectivity index (χ3n) is 5.18. The number of anilines is 1. The molecule has 0 amide bonds. The summed E-state index contributed by atoms with van der Waals surface area (Å²) >= 11 is 1.77. The number of nitrogens with zero attached hydrogens (tertiary/aromatic N) is 3. The maximum Gasteiger partial charge on any atom is 0.147 e. The number of aliphatic hydroxyl groups is 1. The average Bonchev–Trinajstić information content (AvgIpc) is 3.21. The number of halogens is 2. The van der Waals surface area contributed by atoms with Crippen molar-refractivity contribution >= 4 is 52.1 Å². The fraction of sp³-hybridized carbons (Fsp3) is 0.409. The first-order chi connectivity index (χ1) is 13.6. The number of ether oxygens (including phenoxy) is 1. The summed E-state index contributed by atoms with van der Waals surface area (Å²) in [7, 11) is 0. The van der Waals surface area contributed by atoms with Crippen molar-refractivity contribution in [1.82, 2.24) is 9.88 Å². The van der Waals surface area contributed by atoms with E-state index in [0.717, 1.165) is 55.5 Å². The van der Waals surface area contributed by atoms with E-state index in [1.165, 1.54) is 10.1 Å². The van der Waals surface area contributed by atoms with Gasteiger partial charge in [-0.25, -0.2) is 4.98 Å². The number of rotatable bonds is 6. The average molecular weight is 470 g/mol. The lowest BCUT2D eigenvalue weighted by Gasteiger charge is -2.35. The Morgan fingerprint density at radius 3 is 2.43 bits per heavy atom. The first-order valence-corrected chi connectivity index (χ1v) is 10.8. The minimum Gasteiger partial charge on any atom is -0.491 e. The predicted molar refractivity (Wildman–Crippen MR) is 131 cm³/mol. The van der Waals surface area contributed by atoms with Crippen molar-refractivity contribution in [3.05, 3.63) is 41.8 Å². The highest BCUT2D eigenvalue weighted by atomic mass is 35.5. The van der Waals surface area contributed by atoms with Crippen LogP contribution in [0.25, 0.3) is 21.3 Å². The Balaban J connectivity index is 0.00000160. The molecule has 1 aliphatic rings. The highest BCUT2D eigenvalue weighted by molar-refractivity contribution is 7.17. The first-order valence-electron chi connectivity index (χ1n) is 9.91. The van der Waals surface area contributed by atoms with Crippen LogP contribution in [0, 0.1) is 0 Å². The molecule has 2 aromatic heterocycles. The van der Waals surface area contributed by atoms with E-state index >= 15 is 0 Å². The van der Waals surface area contributed by atoms with Crippen LogP contribution >= 0.6 is 36.2 Å². The number of aliphatic hydroxyl groups excluding tert-OH is 1. The Bertz CT molecular complexity index is 926. The molecule has 0 radical (unpaired) electrons. The summed E-state index contributed by atoms with van der Waals surface area (Å²) in [4.78, 5) is 9.97. The van der Waals surface area contributed by atoms with Gasteiger partial charge in [0.05, 0.1) is 16.5 Å². The lowest BCUT2D eigenvalue weighted by atomic mass is 10.1. The van der Waals surface area contributed by atoms with Gasteiger partial charge >= 0.3 is 0 Å². The Hall–Kier alpha value is -1.57. The molecule has 0 saturated carbocycles. The standard InChI is InChI=1S/C22H27N3O2S.2ClH/c1-3-24-9-11-25(12-10-24)22-21-18(8-13-28-21)14-20(23-22)17-4-6-19(7-5-17)27-15-16(2)26;;/h4-8,13-14,16,26H,3,9-12,15H2,1-2H3;2*1H. The number of aromatic nitrogens is 1. The number of benzene rings is 1. The Kier molecular flexibility index (Phi) is 9.19. The zero-order valence-electron chi connectivity index (χ0n) is 17.3. The minimum atomic E-state index is -0.474. The van der Waals surface area contributed by atoms with Crippen LogP contribution in [0.2, 0.25) is 0 Å². The van der Waals surface area contributed by atoms with Crippen molar-refractivity contribution in [2.75, 3.05) is 44.2 Å². The van der Waals surface area contributed by atoms with E-state index in [1.54, 1.807) is 18.3 Å². The Morgan fingerprint density at radius 2 is 1.80 bits per heavy atom. The number of thiophene rings is 1. The van der Waals surface area contributed by atoms with Gasteiger partial charge in [-0.1, -0.05) is 6.92 Å². The molecule has 0 spiro atoms. The van der Waals surface area contributed by atoms with Crippen molar-refractivity contribution < 1.29 is 9.84 Å². The molecule has 0 bridgehead atoms. The van der Waals surface area contributed by atoms with E-state index in [1.807, 2.05) is 24.3 Å². The molecule has 8 heteroatoms. The Morgan fingerprint density at radius 1 is 1.10 bits per heavy atom. The van der Waals surface area contributed by atoms with Crippen LogP contribution < -0.4 is 9.64 Å². The minimum absolute atomic E-state index is 0. The second-order valence-electron chi connectivity index (χ2n) is 7.28. The van der Waals surface area contributed by atoms with Gasteiger partial charge in [0.1, 0.15) is 18.2 Å². The number of fused-ring (bicyclic) bond motifs is 1. The predicted octanol–water partition coefficient (Wildman–Crippen LogP) is 4.71. The van der Waals surface area contributed by atoms with Gasteiger partial charge in [-0.15, -0.1) is 36.2 Å². The van der Waals surface area contributed by atoms with Gasteiger partial charge in [0.2, 0.25) is 0 Å². The summed E-state index contributed by atoms with van der Waals surface area (Å²) < 4.78 is 6.84. The fourth-order valence-electron chi connectivity index (χ4n) is 3.54. The molecule has 3 aromatic rings. The van der Waals surface area contributed by atoms with Crippen molar-refractivity contribution in [3.63, 3.8) is 0 Å². The normalized spacial score (nSPS) is 15.4. The topological polar surface area (TPSA) is 48.8 Å². The van der Waals surface area contributed by atoms with Crippen LogP contribution in [0.5, 0.6) is 5.75 Å². The molecule has 164 valence electrons. The summed E-state index contributed by atoms with van der Waals surface area (Å²) in [6.45, 7) is 9.56. The second-order valence-corrected chi connectivity index (χ2v) is 8.19. The first kappa shape index (κ1) is 24.7. The molecule has 0 aliphatic carbocycles. The van der Waals surface area contributed by atoms with Crippen LogP contribution in [0.3, 0.4) is 0 Å². The van der Waals surface area contributed by atoms with Gasteiger partial charge in [0.15, 0.2) is 0 Å². The van der Waals surface area contributed by atoms with Crippen LogP contribution in [-0.4, -0.2) is 60.4 Å². The lowest BCUT2D eigenvalue weighted by molar-refractivity contribution is 0.123. The van der Waals surface area contributed by atoms with Crippen LogP contribution in [0.4, 0.5) is 5.82 Å². The molecule has 1 N–H and O–H groups in total. The van der Waals surface area contributed by atoms with Gasteiger partial charge in [-0.3, -0.25) is 0 Å². The zero-order chi connectivity index (χ0) is 19.5. The van der Waals surface area contributed by atoms with Crippen LogP contribution in [0.1, 0.15) is 13.8 Å². The number of hydrogen-bond acceptors (Lipinski definition) is 6. The largest absolute Gasteiger partial charge is 0.491 e. The number of piperazine rings is 1. The molecule has 4 rings (SSSR count). The molecular weight excluding hydrogens is 441 g/mol. The Labute approximate surface area is 194 Å². The molecule has 3 heterocycles. The van der Waals surface area contributed by atoms with E-state index in [9.17, 15) is 5.11 Å². The second kappa shape index (κ2) is 11.2. The van der Waals surface area contributed by atoms with Crippen molar-refractivity contribution in [2.24, 2.45) is 0 Å². The third-order valence-corrected chi connectivity index (χ3v) is 6.10. The van der Waals surface area contributed by atoms with Crippen molar-refractivity contribution in [1.29, 1.82) is 0 Å². The number of pyridine rings is 1. The molecule has 1 saturated heterocycles. The molecule has 5 nitrogen and oxygen atoms in total. The van der Waals surface area contributed by atoms with Crippen LogP contribution in [-0.2, 0) is 0 Å². The number of likely N-dealkylation sites (N-methyl/N-ethyl adjacent to an activating group) is 1. The van der Waals surface area contributed by atoms with E-state index < -0.39 is 6.10 Å². The molecular formula is C22H29Cl2N3O2S. The quantitative estimate of drug-likeness (QED) is 0.566. The van der Waals surface area contributed by atoms with E-state index in [-0.39, 0.29) is 24.8 Å². The zero-order valence-corrected chi connectivity index (χ0v) is 19.7. The summed E-state index contributed by atoms with van der Waals surface area (Å²) in [5.74, 6) is 1.87. The third kappa shape index (κ3) is 5.56. The smallest absolute Gasteiger partial charge is 0.147 e. The molecule has 30 heavy (non-hydrogen) atoms. The van der Waals surface area contributed by atoms with Crippen molar-refractivity contribution in [2.45, 2.75) is 20.0 Å². The van der Waals surface area contributed by atoms with Gasteiger partial charge in [0.25, 0.3) is 0 Å². The molecule has 1 atom stereocenters.